The second kappa shape index (κ2) is 16.7. The van der Waals surface area contributed by atoms with E-state index in [9.17, 15) is 0 Å². The van der Waals surface area contributed by atoms with Crippen molar-refractivity contribution in [3.8, 4) is 5.75 Å². The van der Waals surface area contributed by atoms with Crippen LogP contribution in [0.25, 0.3) is 0 Å². The molecule has 1 saturated heterocycles. The number of rotatable bonds is 12. The number of guanidine groups is 1. The summed E-state index contributed by atoms with van der Waals surface area (Å²) in [6, 6.07) is 8.15. The van der Waals surface area contributed by atoms with Gasteiger partial charge >= 0.3 is 0 Å². The maximum atomic E-state index is 5.82. The van der Waals surface area contributed by atoms with Gasteiger partial charge in [0.2, 0.25) is 0 Å². The van der Waals surface area contributed by atoms with Gasteiger partial charge in [-0.2, -0.15) is 0 Å². The Morgan fingerprint density at radius 1 is 1.17 bits per heavy atom. The summed E-state index contributed by atoms with van der Waals surface area (Å²) in [6.07, 6.45) is 4.23. The summed E-state index contributed by atoms with van der Waals surface area (Å²) in [5.41, 5.74) is 1.14. The van der Waals surface area contributed by atoms with E-state index in [1.807, 2.05) is 12.1 Å². The summed E-state index contributed by atoms with van der Waals surface area (Å²) >= 11 is 0. The highest BCUT2D eigenvalue weighted by Crippen LogP contribution is 2.15. The lowest BCUT2D eigenvalue weighted by molar-refractivity contribution is 0.0203. The maximum Gasteiger partial charge on any atom is 0.191 e. The Kier molecular flexibility index (Phi) is 15.0. The number of hydrogen-bond donors (Lipinski definition) is 2. The molecule has 1 fully saturated rings. The van der Waals surface area contributed by atoms with Crippen LogP contribution in [0.5, 0.6) is 5.75 Å². The fourth-order valence-electron chi connectivity index (χ4n) is 3.01. The third kappa shape index (κ3) is 11.6. The summed E-state index contributed by atoms with van der Waals surface area (Å²) in [7, 11) is 0. The van der Waals surface area contributed by atoms with Crippen LogP contribution >= 0.6 is 24.0 Å². The van der Waals surface area contributed by atoms with Gasteiger partial charge in [-0.3, -0.25) is 0 Å². The van der Waals surface area contributed by atoms with E-state index < -0.39 is 0 Å². The van der Waals surface area contributed by atoms with Gasteiger partial charge < -0.3 is 24.8 Å². The van der Waals surface area contributed by atoms with Crippen LogP contribution in [-0.4, -0.2) is 52.1 Å². The summed E-state index contributed by atoms with van der Waals surface area (Å²) in [5, 5.41) is 6.68. The van der Waals surface area contributed by atoms with Crippen LogP contribution < -0.4 is 15.4 Å². The number of nitrogens with zero attached hydrogens (tertiary/aromatic N) is 1. The molecular formula is C22H38IN3O3. The molecule has 1 aliphatic rings. The maximum absolute atomic E-state index is 5.82. The van der Waals surface area contributed by atoms with Gasteiger partial charge in [0.05, 0.1) is 13.2 Å². The second-order valence-corrected chi connectivity index (χ2v) is 7.10. The van der Waals surface area contributed by atoms with E-state index in [4.69, 9.17) is 14.2 Å². The molecule has 0 atom stereocenters. The SMILES string of the molecule is CCCOc1cccc(CN=C(NCC)NCCCOCC2CCOCC2)c1.I. The van der Waals surface area contributed by atoms with Crippen molar-refractivity contribution in [1.29, 1.82) is 0 Å². The lowest BCUT2D eigenvalue weighted by Gasteiger charge is -2.21. The highest BCUT2D eigenvalue weighted by atomic mass is 127. The van der Waals surface area contributed by atoms with Crippen LogP contribution in [0.4, 0.5) is 0 Å². The molecule has 1 heterocycles. The Morgan fingerprint density at radius 2 is 2.00 bits per heavy atom. The molecule has 0 saturated carbocycles. The Morgan fingerprint density at radius 3 is 2.76 bits per heavy atom. The fourth-order valence-corrected chi connectivity index (χ4v) is 3.01. The van der Waals surface area contributed by atoms with Crippen LogP contribution in [0, 0.1) is 5.92 Å². The first-order valence-corrected chi connectivity index (χ1v) is 10.7. The van der Waals surface area contributed by atoms with Crippen molar-refractivity contribution in [3.63, 3.8) is 0 Å². The Labute approximate surface area is 193 Å². The van der Waals surface area contributed by atoms with Crippen molar-refractivity contribution in [3.05, 3.63) is 29.8 Å². The van der Waals surface area contributed by atoms with E-state index in [1.165, 1.54) is 0 Å². The minimum Gasteiger partial charge on any atom is -0.494 e. The molecule has 2 N–H and O–H groups in total. The van der Waals surface area contributed by atoms with Crippen molar-refractivity contribution in [2.24, 2.45) is 10.9 Å². The van der Waals surface area contributed by atoms with Gasteiger partial charge in [-0.05, 0) is 56.2 Å². The number of hydrogen-bond acceptors (Lipinski definition) is 4. The van der Waals surface area contributed by atoms with Crippen molar-refractivity contribution in [2.45, 2.75) is 46.1 Å². The van der Waals surface area contributed by atoms with Crippen molar-refractivity contribution < 1.29 is 14.2 Å². The zero-order chi connectivity index (χ0) is 19.9. The smallest absolute Gasteiger partial charge is 0.191 e. The van der Waals surface area contributed by atoms with Crippen molar-refractivity contribution >= 4 is 29.9 Å². The van der Waals surface area contributed by atoms with Gasteiger partial charge in [0.1, 0.15) is 5.75 Å². The Hall–Kier alpha value is -1.06. The van der Waals surface area contributed by atoms with Crippen LogP contribution in [0.1, 0.15) is 45.1 Å². The zero-order valence-electron chi connectivity index (χ0n) is 18.0. The highest BCUT2D eigenvalue weighted by molar-refractivity contribution is 14.0. The normalized spacial score (nSPS) is 14.9. The number of halogens is 1. The summed E-state index contributed by atoms with van der Waals surface area (Å²) in [6.45, 7) is 10.6. The van der Waals surface area contributed by atoms with Crippen molar-refractivity contribution in [2.75, 3.05) is 46.1 Å². The molecular weight excluding hydrogens is 481 g/mol. The van der Waals surface area contributed by atoms with Gasteiger partial charge in [-0.25, -0.2) is 4.99 Å². The molecule has 0 aromatic heterocycles. The standard InChI is InChI=1S/C22H37N3O3.HI/c1-3-12-28-21-8-5-7-20(16-21)17-25-22(23-4-2)24-11-6-13-27-18-19-9-14-26-15-10-19;/h5,7-8,16,19H,3-4,6,9-15,17-18H2,1-2H3,(H2,23,24,25);1H. The first-order chi connectivity index (χ1) is 13.8. The van der Waals surface area contributed by atoms with Crippen molar-refractivity contribution in [1.82, 2.24) is 10.6 Å². The number of ether oxygens (including phenoxy) is 3. The molecule has 2 rings (SSSR count). The summed E-state index contributed by atoms with van der Waals surface area (Å²) in [5.74, 6) is 2.42. The third-order valence-electron chi connectivity index (χ3n) is 4.59. The third-order valence-corrected chi connectivity index (χ3v) is 4.59. The average Bonchev–Trinajstić information content (AvgIpc) is 2.74. The van der Waals surface area contributed by atoms with Gasteiger partial charge in [-0.1, -0.05) is 19.1 Å². The summed E-state index contributed by atoms with van der Waals surface area (Å²) in [4.78, 5) is 4.68. The van der Waals surface area contributed by atoms with E-state index in [0.29, 0.717) is 12.5 Å². The summed E-state index contributed by atoms with van der Waals surface area (Å²) < 4.78 is 16.9. The minimum atomic E-state index is 0. The minimum absolute atomic E-state index is 0. The van der Waals surface area contributed by atoms with E-state index in [-0.39, 0.29) is 24.0 Å². The fraction of sp³-hybridized carbons (Fsp3) is 0.682. The number of nitrogens with one attached hydrogen (secondary N) is 2. The van der Waals surface area contributed by atoms with Gasteiger partial charge in [-0.15, -0.1) is 24.0 Å². The molecule has 0 bridgehead atoms. The molecule has 166 valence electrons. The molecule has 1 aromatic rings. The average molecular weight is 519 g/mol. The number of benzene rings is 1. The predicted octanol–water partition coefficient (Wildman–Crippen LogP) is 3.98. The predicted molar refractivity (Wildman–Crippen MR) is 129 cm³/mol. The first kappa shape index (κ1) is 26.0. The first-order valence-electron chi connectivity index (χ1n) is 10.7. The lowest BCUT2D eigenvalue weighted by Crippen LogP contribution is -2.38. The monoisotopic (exact) mass is 519 g/mol. The number of aliphatic imine (C=N–C) groups is 1. The van der Waals surface area contributed by atoms with Gasteiger partial charge in [0.25, 0.3) is 0 Å². The molecule has 0 radical (unpaired) electrons. The molecule has 29 heavy (non-hydrogen) atoms. The van der Waals surface area contributed by atoms with Crippen LogP contribution in [0.3, 0.4) is 0 Å². The quantitative estimate of drug-likeness (QED) is 0.189. The van der Waals surface area contributed by atoms with Crippen LogP contribution in [0.15, 0.2) is 29.3 Å². The molecule has 1 aliphatic heterocycles. The Bertz CT molecular complexity index is 566. The molecule has 6 nitrogen and oxygen atoms in total. The van der Waals surface area contributed by atoms with Crippen LogP contribution in [0.2, 0.25) is 0 Å². The van der Waals surface area contributed by atoms with Gasteiger partial charge in [0.15, 0.2) is 5.96 Å². The molecule has 0 aliphatic carbocycles. The van der Waals surface area contributed by atoms with E-state index >= 15 is 0 Å². The molecule has 0 amide bonds. The Balaban J connectivity index is 0.00000420. The highest BCUT2D eigenvalue weighted by Gasteiger charge is 2.13. The van der Waals surface area contributed by atoms with Crippen LogP contribution in [-0.2, 0) is 16.0 Å². The molecule has 7 heteroatoms. The molecule has 0 spiro atoms. The zero-order valence-corrected chi connectivity index (χ0v) is 20.3. The van der Waals surface area contributed by atoms with Gasteiger partial charge in [0, 0.05) is 39.5 Å². The topological polar surface area (TPSA) is 64.1 Å². The molecule has 1 aromatic carbocycles. The lowest BCUT2D eigenvalue weighted by atomic mass is 10.0. The van der Waals surface area contributed by atoms with E-state index in [2.05, 4.69) is 41.6 Å². The van der Waals surface area contributed by atoms with E-state index in [0.717, 1.165) is 89.1 Å². The molecule has 0 unspecified atom stereocenters. The second-order valence-electron chi connectivity index (χ2n) is 7.10. The van der Waals surface area contributed by atoms with E-state index in [1.54, 1.807) is 0 Å². The largest absolute Gasteiger partial charge is 0.494 e.